The largest absolute Gasteiger partial charge is 0.508 e. The third kappa shape index (κ3) is 11.1. The highest BCUT2D eigenvalue weighted by atomic mass is 16.6. The first-order chi connectivity index (χ1) is 16.9. The molecular weight excluding hydrogens is 476 g/mol. The number of hydrogen-bond acceptors (Lipinski definition) is 6. The van der Waals surface area contributed by atoms with Gasteiger partial charge in [-0.05, 0) is 84.6 Å². The molecule has 4 amide bonds. The second-order valence-electron chi connectivity index (χ2n) is 11.3. The number of primary amides is 1. The Kier molecular flexibility index (Phi) is 11.4. The van der Waals surface area contributed by atoms with Gasteiger partial charge < -0.3 is 31.1 Å². The van der Waals surface area contributed by atoms with Crippen molar-refractivity contribution in [2.24, 2.45) is 5.73 Å². The molecule has 0 fully saturated rings. The van der Waals surface area contributed by atoms with Crippen molar-refractivity contribution < 1.29 is 29.0 Å². The summed E-state index contributed by atoms with van der Waals surface area (Å²) in [7, 11) is 0. The van der Waals surface area contributed by atoms with Gasteiger partial charge in [0.15, 0.2) is 0 Å². The van der Waals surface area contributed by atoms with Crippen LogP contribution in [0.1, 0.15) is 91.3 Å². The first-order valence-electron chi connectivity index (χ1n) is 12.6. The van der Waals surface area contributed by atoms with E-state index in [2.05, 4.69) is 10.6 Å². The molecule has 2 atom stereocenters. The molecule has 0 aliphatic carbocycles. The predicted octanol–water partition coefficient (Wildman–Crippen LogP) is 3.44. The summed E-state index contributed by atoms with van der Waals surface area (Å²) in [4.78, 5) is 53.1. The van der Waals surface area contributed by atoms with E-state index >= 15 is 0 Å². The maximum Gasteiger partial charge on any atom is 0.408 e. The number of benzene rings is 1. The second kappa shape index (κ2) is 13.3. The molecule has 0 bridgehead atoms. The van der Waals surface area contributed by atoms with E-state index in [0.29, 0.717) is 17.5 Å². The SMILES string of the molecule is CCCCN(C(=O)C(CCC(N)=O)NC(=O)OC(C)(C)C)C(C(=O)NC(C)(C)C)c1ccc(O)c(C)c1. The monoisotopic (exact) mass is 520 g/mol. The summed E-state index contributed by atoms with van der Waals surface area (Å²) >= 11 is 0. The minimum Gasteiger partial charge on any atom is -0.508 e. The highest BCUT2D eigenvalue weighted by Crippen LogP contribution is 2.28. The van der Waals surface area contributed by atoms with Crippen LogP contribution in [0.3, 0.4) is 0 Å². The van der Waals surface area contributed by atoms with Gasteiger partial charge in [-0.15, -0.1) is 0 Å². The average molecular weight is 521 g/mol. The molecule has 0 aliphatic heterocycles. The van der Waals surface area contributed by atoms with E-state index in [1.54, 1.807) is 39.8 Å². The summed E-state index contributed by atoms with van der Waals surface area (Å²) in [6, 6.07) is 2.54. The number of ether oxygens (including phenoxy) is 1. The number of hydrogen-bond donors (Lipinski definition) is 4. The van der Waals surface area contributed by atoms with Crippen molar-refractivity contribution in [2.75, 3.05) is 6.54 Å². The topological polar surface area (TPSA) is 151 Å². The molecule has 1 aromatic rings. The quantitative estimate of drug-likeness (QED) is 0.351. The summed E-state index contributed by atoms with van der Waals surface area (Å²) in [6.45, 7) is 14.5. The van der Waals surface area contributed by atoms with Crippen LogP contribution in [0, 0.1) is 6.92 Å². The normalized spacial score (nSPS) is 13.3. The summed E-state index contributed by atoms with van der Waals surface area (Å²) in [6.07, 6.45) is 0.319. The van der Waals surface area contributed by atoms with Crippen molar-refractivity contribution in [2.45, 2.75) is 104 Å². The van der Waals surface area contributed by atoms with Crippen LogP contribution >= 0.6 is 0 Å². The fraction of sp³-hybridized carbons (Fsp3) is 0.630. The van der Waals surface area contributed by atoms with Gasteiger partial charge in [0.25, 0.3) is 0 Å². The molecule has 0 spiro atoms. The van der Waals surface area contributed by atoms with E-state index in [1.807, 2.05) is 27.7 Å². The Hall–Kier alpha value is -3.30. The fourth-order valence-electron chi connectivity index (χ4n) is 3.65. The van der Waals surface area contributed by atoms with Gasteiger partial charge in [-0.1, -0.05) is 19.4 Å². The van der Waals surface area contributed by atoms with Gasteiger partial charge in [0.05, 0.1) is 0 Å². The van der Waals surface area contributed by atoms with Gasteiger partial charge in [0.1, 0.15) is 23.4 Å². The molecule has 0 radical (unpaired) electrons. The Morgan fingerprint density at radius 3 is 2.22 bits per heavy atom. The Balaban J connectivity index is 3.56. The van der Waals surface area contributed by atoms with Crippen LogP contribution in [-0.2, 0) is 19.1 Å². The molecule has 5 N–H and O–H groups in total. The first kappa shape index (κ1) is 31.7. The zero-order valence-electron chi connectivity index (χ0n) is 23.4. The molecule has 0 aliphatic rings. The van der Waals surface area contributed by atoms with Crippen molar-refractivity contribution >= 4 is 23.8 Å². The predicted molar refractivity (Wildman–Crippen MR) is 142 cm³/mol. The summed E-state index contributed by atoms with van der Waals surface area (Å²) < 4.78 is 5.33. The summed E-state index contributed by atoms with van der Waals surface area (Å²) in [5.41, 5.74) is 5.00. The van der Waals surface area contributed by atoms with Crippen LogP contribution < -0.4 is 16.4 Å². The number of nitrogens with two attached hydrogens (primary N) is 1. The van der Waals surface area contributed by atoms with Crippen molar-refractivity contribution in [3.8, 4) is 5.75 Å². The smallest absolute Gasteiger partial charge is 0.408 e. The highest BCUT2D eigenvalue weighted by Gasteiger charge is 2.37. The number of aryl methyl sites for hydroxylation is 1. The van der Waals surface area contributed by atoms with Gasteiger partial charge in [-0.25, -0.2) is 4.79 Å². The van der Waals surface area contributed by atoms with Crippen molar-refractivity contribution in [3.05, 3.63) is 29.3 Å². The number of phenols is 1. The van der Waals surface area contributed by atoms with Crippen molar-refractivity contribution in [1.29, 1.82) is 0 Å². The third-order valence-corrected chi connectivity index (χ3v) is 5.30. The Morgan fingerprint density at radius 1 is 1.11 bits per heavy atom. The first-order valence-corrected chi connectivity index (χ1v) is 12.6. The van der Waals surface area contributed by atoms with Gasteiger partial charge in [-0.2, -0.15) is 0 Å². The van der Waals surface area contributed by atoms with E-state index < -0.39 is 47.0 Å². The number of carbonyl (C=O) groups excluding carboxylic acids is 4. The van der Waals surface area contributed by atoms with E-state index in [-0.39, 0.29) is 25.1 Å². The lowest BCUT2D eigenvalue weighted by Crippen LogP contribution is -2.55. The number of alkyl carbamates (subject to hydrolysis) is 1. The zero-order valence-corrected chi connectivity index (χ0v) is 23.4. The summed E-state index contributed by atoms with van der Waals surface area (Å²) in [5, 5.41) is 15.6. The van der Waals surface area contributed by atoms with Crippen LogP contribution in [0.15, 0.2) is 18.2 Å². The van der Waals surface area contributed by atoms with Crippen molar-refractivity contribution in [1.82, 2.24) is 15.5 Å². The molecule has 0 saturated heterocycles. The van der Waals surface area contributed by atoms with E-state index in [9.17, 15) is 24.3 Å². The molecule has 0 heterocycles. The fourth-order valence-corrected chi connectivity index (χ4v) is 3.65. The van der Waals surface area contributed by atoms with Crippen LogP contribution in [0.4, 0.5) is 4.79 Å². The van der Waals surface area contributed by atoms with Gasteiger partial charge in [0.2, 0.25) is 17.7 Å². The van der Waals surface area contributed by atoms with Crippen molar-refractivity contribution in [3.63, 3.8) is 0 Å². The van der Waals surface area contributed by atoms with E-state index in [1.165, 1.54) is 11.0 Å². The average Bonchev–Trinajstić information content (AvgIpc) is 2.73. The number of amides is 4. The van der Waals surface area contributed by atoms with Crippen LogP contribution in [-0.4, -0.2) is 57.5 Å². The van der Waals surface area contributed by atoms with Gasteiger partial charge in [-0.3, -0.25) is 14.4 Å². The molecule has 37 heavy (non-hydrogen) atoms. The number of rotatable bonds is 11. The lowest BCUT2D eigenvalue weighted by Gasteiger charge is -2.36. The number of unbranched alkanes of at least 4 members (excludes halogenated alkanes) is 1. The molecule has 208 valence electrons. The molecule has 1 aromatic carbocycles. The minimum absolute atomic E-state index is 0.0573. The zero-order chi connectivity index (χ0) is 28.6. The van der Waals surface area contributed by atoms with Crippen LogP contribution in [0.5, 0.6) is 5.75 Å². The second-order valence-corrected chi connectivity index (χ2v) is 11.3. The van der Waals surface area contributed by atoms with Crippen LogP contribution in [0.2, 0.25) is 0 Å². The maximum absolute atomic E-state index is 14.0. The number of nitrogens with one attached hydrogen (secondary N) is 2. The summed E-state index contributed by atoms with van der Waals surface area (Å²) in [5.74, 6) is -1.51. The molecule has 0 saturated carbocycles. The number of nitrogens with zero attached hydrogens (tertiary/aromatic N) is 1. The maximum atomic E-state index is 14.0. The van der Waals surface area contributed by atoms with Gasteiger partial charge >= 0.3 is 6.09 Å². The molecular formula is C27H44N4O6. The lowest BCUT2D eigenvalue weighted by atomic mass is 9.98. The molecule has 2 unspecified atom stereocenters. The third-order valence-electron chi connectivity index (χ3n) is 5.30. The molecule has 10 nitrogen and oxygen atoms in total. The minimum atomic E-state index is -1.15. The standard InChI is InChI=1S/C27H44N4O6/c1-9-10-15-31(24(35)19(12-14-21(28)33)29-25(36)37-27(6,7)8)22(23(34)30-26(3,4)5)18-11-13-20(32)17(2)16-18/h11,13,16,19,22,32H,9-10,12,14-15H2,1-8H3,(H2,28,33)(H,29,36)(H,30,34). The number of phenolic OH excluding ortho intramolecular Hbond substituents is 1. The van der Waals surface area contributed by atoms with E-state index in [4.69, 9.17) is 10.5 Å². The lowest BCUT2D eigenvalue weighted by molar-refractivity contribution is -0.143. The highest BCUT2D eigenvalue weighted by molar-refractivity contribution is 5.92. The van der Waals surface area contributed by atoms with Crippen LogP contribution in [0.25, 0.3) is 0 Å². The Bertz CT molecular complexity index is 965. The molecule has 0 aromatic heterocycles. The Labute approximate surface area is 220 Å². The number of carbonyl (C=O) groups is 4. The Morgan fingerprint density at radius 2 is 1.73 bits per heavy atom. The number of aromatic hydroxyl groups is 1. The molecule has 10 heteroatoms. The van der Waals surface area contributed by atoms with Gasteiger partial charge in [0, 0.05) is 18.5 Å². The van der Waals surface area contributed by atoms with E-state index in [0.717, 1.165) is 6.42 Å². The molecule has 1 rings (SSSR count).